The molecule has 0 spiro atoms. The van der Waals surface area contributed by atoms with E-state index < -0.39 is 28.6 Å². The summed E-state index contributed by atoms with van der Waals surface area (Å²) in [6.45, 7) is 7.43. The van der Waals surface area contributed by atoms with Crippen LogP contribution in [-0.2, 0) is 25.0 Å². The molecule has 26 heavy (non-hydrogen) atoms. The lowest BCUT2D eigenvalue weighted by molar-refractivity contribution is -0.130. The zero-order valence-electron chi connectivity index (χ0n) is 15.4. The number of ether oxygens (including phenoxy) is 1. The second-order valence-electron chi connectivity index (χ2n) is 7.21. The van der Waals surface area contributed by atoms with Crippen LogP contribution < -0.4 is 10.1 Å². The minimum absolute atomic E-state index is 0.0446. The van der Waals surface area contributed by atoms with Crippen LogP contribution in [-0.4, -0.2) is 63.4 Å². The average molecular weight is 385 g/mol. The largest absolute Gasteiger partial charge is 0.394 e. The minimum atomic E-state index is -3.93. The fraction of sp³-hybridized carbons (Fsp3) is 0.588. The third-order valence-electron chi connectivity index (χ3n) is 4.11. The Morgan fingerprint density at radius 1 is 1.23 bits per heavy atom. The zero-order valence-corrected chi connectivity index (χ0v) is 16.2. The maximum atomic E-state index is 12.5. The summed E-state index contributed by atoms with van der Waals surface area (Å²) in [5.41, 5.74) is 3.50. The lowest BCUT2D eigenvalue weighted by atomic mass is 9.87. The number of morpholine rings is 1. The van der Waals surface area contributed by atoms with Gasteiger partial charge in [-0.05, 0) is 23.1 Å². The molecular formula is C17H27N3O5S. The highest BCUT2D eigenvalue weighted by Gasteiger charge is 2.27. The number of carbonyl (C=O) groups is 1. The van der Waals surface area contributed by atoms with E-state index in [1.807, 2.05) is 20.8 Å². The van der Waals surface area contributed by atoms with Crippen molar-refractivity contribution >= 4 is 15.9 Å². The molecule has 1 amide bonds. The molecule has 0 aliphatic carbocycles. The van der Waals surface area contributed by atoms with Crippen molar-refractivity contribution in [2.45, 2.75) is 37.1 Å². The molecule has 0 aromatic heterocycles. The van der Waals surface area contributed by atoms with Crippen molar-refractivity contribution in [3.8, 4) is 0 Å². The van der Waals surface area contributed by atoms with E-state index in [1.165, 1.54) is 12.1 Å². The van der Waals surface area contributed by atoms with Crippen LogP contribution in [0.2, 0.25) is 0 Å². The molecule has 0 bridgehead atoms. The highest BCUT2D eigenvalue weighted by Crippen LogP contribution is 2.23. The molecule has 1 fully saturated rings. The smallest absolute Gasteiger partial charge is 0.254 e. The van der Waals surface area contributed by atoms with E-state index in [9.17, 15) is 18.3 Å². The van der Waals surface area contributed by atoms with Crippen LogP contribution >= 0.6 is 0 Å². The van der Waals surface area contributed by atoms with Gasteiger partial charge in [0.1, 0.15) is 6.04 Å². The lowest BCUT2D eigenvalue weighted by Crippen LogP contribution is -2.56. The van der Waals surface area contributed by atoms with E-state index in [0.717, 1.165) is 5.56 Å². The summed E-state index contributed by atoms with van der Waals surface area (Å²) in [6.07, 6.45) is 0. The normalized spacial score (nSPS) is 17.7. The number of aliphatic hydroxyl groups is 1. The summed E-state index contributed by atoms with van der Waals surface area (Å²) in [7, 11) is -3.93. The second kappa shape index (κ2) is 8.45. The molecule has 0 saturated carbocycles. The number of hydrogen-bond acceptors (Lipinski definition) is 6. The number of rotatable bonds is 6. The van der Waals surface area contributed by atoms with Gasteiger partial charge in [-0.1, -0.05) is 32.9 Å². The third kappa shape index (κ3) is 5.49. The molecule has 1 aliphatic rings. The Balaban J connectivity index is 2.06. The summed E-state index contributed by atoms with van der Waals surface area (Å²) < 4.78 is 32.5. The number of nitrogens with zero attached hydrogens (tertiary/aromatic N) is 1. The number of sulfonamides is 1. The van der Waals surface area contributed by atoms with Gasteiger partial charge in [0.25, 0.3) is 5.91 Å². The van der Waals surface area contributed by atoms with Gasteiger partial charge < -0.3 is 9.84 Å². The van der Waals surface area contributed by atoms with Crippen molar-refractivity contribution in [3.05, 3.63) is 29.8 Å². The Hall–Kier alpha value is -1.52. The van der Waals surface area contributed by atoms with Gasteiger partial charge in [-0.3, -0.25) is 10.2 Å². The molecule has 2 rings (SSSR count). The lowest BCUT2D eigenvalue weighted by Gasteiger charge is -2.28. The molecule has 0 radical (unpaired) electrons. The summed E-state index contributed by atoms with van der Waals surface area (Å²) in [5.74, 6) is -0.607. The molecule has 1 aliphatic heterocycles. The van der Waals surface area contributed by atoms with Crippen LogP contribution in [0.4, 0.5) is 0 Å². The average Bonchev–Trinajstić information content (AvgIpc) is 2.60. The van der Waals surface area contributed by atoms with E-state index in [-0.39, 0.29) is 10.3 Å². The molecule has 9 heteroatoms. The molecular weight excluding hydrogens is 358 g/mol. The predicted molar refractivity (Wildman–Crippen MR) is 96.9 cm³/mol. The molecule has 1 saturated heterocycles. The van der Waals surface area contributed by atoms with E-state index in [0.29, 0.717) is 26.3 Å². The molecule has 3 N–H and O–H groups in total. The van der Waals surface area contributed by atoms with Gasteiger partial charge in [-0.15, -0.1) is 0 Å². The second-order valence-corrected chi connectivity index (χ2v) is 8.92. The Labute approximate surface area is 154 Å². The number of carbonyl (C=O) groups excluding carboxylic acids is 1. The van der Waals surface area contributed by atoms with Crippen LogP contribution in [0, 0.1) is 0 Å². The standard InChI is InChI=1S/C17H27N3O5S/c1-17(2,3)13-4-6-14(7-5-13)26(23,24)19-15(12-21)16(22)18-20-8-10-25-11-9-20/h4-7,15,19,21H,8-12H2,1-3H3,(H,18,22). The molecule has 1 heterocycles. The topological polar surface area (TPSA) is 108 Å². The van der Waals surface area contributed by atoms with E-state index >= 15 is 0 Å². The Morgan fingerprint density at radius 3 is 2.31 bits per heavy atom. The zero-order chi connectivity index (χ0) is 19.4. The highest BCUT2D eigenvalue weighted by molar-refractivity contribution is 7.89. The van der Waals surface area contributed by atoms with Crippen LogP contribution in [0.15, 0.2) is 29.2 Å². The minimum Gasteiger partial charge on any atom is -0.394 e. The van der Waals surface area contributed by atoms with Gasteiger partial charge in [0.05, 0.1) is 24.7 Å². The van der Waals surface area contributed by atoms with Crippen molar-refractivity contribution in [1.82, 2.24) is 15.2 Å². The third-order valence-corrected chi connectivity index (χ3v) is 5.59. The fourth-order valence-corrected chi connectivity index (χ4v) is 3.66. The maximum Gasteiger partial charge on any atom is 0.254 e. The van der Waals surface area contributed by atoms with Crippen LogP contribution in [0.3, 0.4) is 0 Å². The van der Waals surface area contributed by atoms with Gasteiger partial charge >= 0.3 is 0 Å². The van der Waals surface area contributed by atoms with Gasteiger partial charge in [0.2, 0.25) is 10.0 Å². The van der Waals surface area contributed by atoms with Crippen molar-refractivity contribution in [2.75, 3.05) is 32.9 Å². The molecule has 1 atom stereocenters. The van der Waals surface area contributed by atoms with Crippen LogP contribution in [0.5, 0.6) is 0 Å². The van der Waals surface area contributed by atoms with Gasteiger partial charge in [0, 0.05) is 13.1 Å². The van der Waals surface area contributed by atoms with E-state index in [2.05, 4.69) is 10.1 Å². The number of aliphatic hydroxyl groups excluding tert-OH is 1. The first-order chi connectivity index (χ1) is 12.1. The van der Waals surface area contributed by atoms with Crippen molar-refractivity contribution in [2.24, 2.45) is 0 Å². The first-order valence-electron chi connectivity index (χ1n) is 8.50. The van der Waals surface area contributed by atoms with Crippen molar-refractivity contribution in [3.63, 3.8) is 0 Å². The first-order valence-corrected chi connectivity index (χ1v) is 9.99. The Bertz CT molecular complexity index is 707. The SMILES string of the molecule is CC(C)(C)c1ccc(S(=O)(=O)NC(CO)C(=O)NN2CCOCC2)cc1. The number of nitrogens with one attached hydrogen (secondary N) is 2. The van der Waals surface area contributed by atoms with Gasteiger partial charge in [-0.25, -0.2) is 13.4 Å². The highest BCUT2D eigenvalue weighted by atomic mass is 32.2. The van der Waals surface area contributed by atoms with Crippen molar-refractivity contribution in [1.29, 1.82) is 0 Å². The van der Waals surface area contributed by atoms with Crippen molar-refractivity contribution < 1.29 is 23.1 Å². The van der Waals surface area contributed by atoms with Gasteiger partial charge in [0.15, 0.2) is 0 Å². The first kappa shape index (κ1) is 20.8. The number of benzene rings is 1. The monoisotopic (exact) mass is 385 g/mol. The summed E-state index contributed by atoms with van der Waals surface area (Å²) in [6, 6.07) is 5.21. The maximum absolute atomic E-state index is 12.5. The molecule has 1 aromatic carbocycles. The fourth-order valence-electron chi connectivity index (χ4n) is 2.47. The summed E-state index contributed by atoms with van der Waals surface area (Å²) in [5, 5.41) is 11.1. The summed E-state index contributed by atoms with van der Waals surface area (Å²) in [4.78, 5) is 12.3. The number of amides is 1. The quantitative estimate of drug-likeness (QED) is 0.636. The molecule has 1 aromatic rings. The van der Waals surface area contributed by atoms with Gasteiger partial charge in [-0.2, -0.15) is 4.72 Å². The van der Waals surface area contributed by atoms with E-state index in [4.69, 9.17) is 4.74 Å². The molecule has 146 valence electrons. The van der Waals surface area contributed by atoms with Crippen LogP contribution in [0.25, 0.3) is 0 Å². The number of hydrogen-bond donors (Lipinski definition) is 3. The molecule has 1 unspecified atom stereocenters. The summed E-state index contributed by atoms with van der Waals surface area (Å²) >= 11 is 0. The van der Waals surface area contributed by atoms with E-state index in [1.54, 1.807) is 17.1 Å². The Kier molecular flexibility index (Phi) is 6.75. The predicted octanol–water partition coefficient (Wildman–Crippen LogP) is -0.0133. The molecule has 8 nitrogen and oxygen atoms in total. The van der Waals surface area contributed by atoms with Crippen LogP contribution in [0.1, 0.15) is 26.3 Å². The number of hydrazine groups is 1. The Morgan fingerprint density at radius 2 is 1.81 bits per heavy atom.